The van der Waals surface area contributed by atoms with Crippen LogP contribution >= 0.6 is 0 Å². The fourth-order valence-corrected chi connectivity index (χ4v) is 2.09. The number of aromatic nitrogens is 2. The first-order chi connectivity index (χ1) is 8.61. The van der Waals surface area contributed by atoms with Crippen molar-refractivity contribution in [1.82, 2.24) is 15.0 Å². The summed E-state index contributed by atoms with van der Waals surface area (Å²) in [5.41, 5.74) is 0. The molecule has 1 N–H and O–H groups in total. The highest BCUT2D eigenvalue weighted by molar-refractivity contribution is 6.31. The van der Waals surface area contributed by atoms with Crippen molar-refractivity contribution in [3.05, 3.63) is 11.7 Å². The molecule has 2 rings (SSSR count). The first kappa shape index (κ1) is 12.5. The molecule has 7 heteroatoms. The van der Waals surface area contributed by atoms with E-state index in [1.165, 1.54) is 4.90 Å². The Balaban J connectivity index is 2.06. The van der Waals surface area contributed by atoms with E-state index in [9.17, 15) is 9.59 Å². The number of rotatable bonds is 2. The minimum Gasteiger partial charge on any atom is -0.474 e. The molecule has 1 saturated heterocycles. The summed E-state index contributed by atoms with van der Waals surface area (Å²) in [5.74, 6) is -1.19. The number of hydrogen-bond acceptors (Lipinski definition) is 5. The fraction of sp³-hybridized carbons (Fsp3) is 0.636. The Hall–Kier alpha value is -1.92. The number of carbonyl (C=O) groups excluding carboxylic acids is 1. The van der Waals surface area contributed by atoms with E-state index in [0.29, 0.717) is 31.2 Å². The number of carboxylic acid groups (broad SMARTS) is 1. The van der Waals surface area contributed by atoms with Gasteiger partial charge in [-0.1, -0.05) is 12.1 Å². The second-order valence-electron chi connectivity index (χ2n) is 4.30. The zero-order chi connectivity index (χ0) is 13.1. The molecular formula is C11H15N3O4. The summed E-state index contributed by atoms with van der Waals surface area (Å²) >= 11 is 0. The molecule has 1 aliphatic heterocycles. The number of aliphatic carboxylic acids is 1. The highest BCUT2D eigenvalue weighted by atomic mass is 16.5. The Morgan fingerprint density at radius 3 is 2.94 bits per heavy atom. The van der Waals surface area contributed by atoms with Gasteiger partial charge in [0.2, 0.25) is 5.89 Å². The number of hydrogen-bond donors (Lipinski definition) is 1. The zero-order valence-electron chi connectivity index (χ0n) is 10.1. The maximum atomic E-state index is 11.4. The van der Waals surface area contributed by atoms with Gasteiger partial charge >= 0.3 is 11.9 Å². The van der Waals surface area contributed by atoms with Crippen molar-refractivity contribution < 1.29 is 19.2 Å². The molecule has 7 nitrogen and oxygen atoms in total. The third-order valence-electron chi connectivity index (χ3n) is 3.04. The van der Waals surface area contributed by atoms with Crippen molar-refractivity contribution in [2.75, 3.05) is 13.1 Å². The topological polar surface area (TPSA) is 96.5 Å². The van der Waals surface area contributed by atoms with Gasteiger partial charge in [0, 0.05) is 25.4 Å². The van der Waals surface area contributed by atoms with Gasteiger partial charge in [-0.25, -0.2) is 4.79 Å². The molecule has 0 aliphatic carbocycles. The molecule has 1 fully saturated rings. The Bertz CT molecular complexity index is 457. The van der Waals surface area contributed by atoms with E-state index >= 15 is 0 Å². The number of nitrogens with zero attached hydrogens (tertiary/aromatic N) is 3. The van der Waals surface area contributed by atoms with Crippen molar-refractivity contribution in [2.45, 2.75) is 32.1 Å². The zero-order valence-corrected chi connectivity index (χ0v) is 10.1. The highest BCUT2D eigenvalue weighted by Crippen LogP contribution is 2.24. The van der Waals surface area contributed by atoms with Crippen LogP contribution in [0.15, 0.2) is 4.52 Å². The van der Waals surface area contributed by atoms with Crippen LogP contribution in [0.25, 0.3) is 0 Å². The van der Waals surface area contributed by atoms with E-state index in [2.05, 4.69) is 10.1 Å². The molecule has 0 saturated carbocycles. The Kier molecular flexibility index (Phi) is 3.59. The summed E-state index contributed by atoms with van der Waals surface area (Å²) < 4.78 is 5.03. The van der Waals surface area contributed by atoms with E-state index in [1.54, 1.807) is 0 Å². The molecule has 1 aromatic rings. The van der Waals surface area contributed by atoms with E-state index < -0.39 is 11.9 Å². The summed E-state index contributed by atoms with van der Waals surface area (Å²) in [7, 11) is 0. The number of carbonyl (C=O) groups is 2. The molecule has 1 atom stereocenters. The first-order valence-electron chi connectivity index (χ1n) is 5.96. The van der Waals surface area contributed by atoms with Gasteiger partial charge in [0.1, 0.15) is 0 Å². The third-order valence-corrected chi connectivity index (χ3v) is 3.04. The molecule has 18 heavy (non-hydrogen) atoms. The lowest BCUT2D eigenvalue weighted by Gasteiger charge is -2.29. The highest BCUT2D eigenvalue weighted by Gasteiger charge is 2.30. The van der Waals surface area contributed by atoms with Crippen LogP contribution in [-0.4, -0.2) is 45.1 Å². The number of aryl methyl sites for hydroxylation is 1. The van der Waals surface area contributed by atoms with Crippen LogP contribution in [0, 0.1) is 0 Å². The van der Waals surface area contributed by atoms with Crippen LogP contribution in [0.2, 0.25) is 0 Å². The molecule has 1 aromatic heterocycles. The van der Waals surface area contributed by atoms with Crippen molar-refractivity contribution in [2.24, 2.45) is 0 Å². The second kappa shape index (κ2) is 5.16. The van der Waals surface area contributed by atoms with Crippen molar-refractivity contribution in [1.29, 1.82) is 0 Å². The van der Waals surface area contributed by atoms with Gasteiger partial charge in [-0.05, 0) is 12.8 Å². The van der Waals surface area contributed by atoms with E-state index in [4.69, 9.17) is 9.63 Å². The Labute approximate surface area is 104 Å². The lowest BCUT2D eigenvalue weighted by molar-refractivity contribution is -0.156. The van der Waals surface area contributed by atoms with Crippen molar-refractivity contribution >= 4 is 11.9 Å². The fourth-order valence-electron chi connectivity index (χ4n) is 2.09. The molecule has 1 amide bonds. The summed E-state index contributed by atoms with van der Waals surface area (Å²) in [6.45, 7) is 2.73. The summed E-state index contributed by atoms with van der Waals surface area (Å²) in [6, 6.07) is 0. The van der Waals surface area contributed by atoms with Crippen LogP contribution < -0.4 is 0 Å². The van der Waals surface area contributed by atoms with Crippen LogP contribution in [0.1, 0.15) is 37.4 Å². The number of amides is 1. The molecule has 1 unspecified atom stereocenters. The van der Waals surface area contributed by atoms with Gasteiger partial charge < -0.3 is 14.5 Å². The maximum Gasteiger partial charge on any atom is 0.394 e. The molecule has 0 spiro atoms. The number of likely N-dealkylation sites (tertiary alicyclic amines) is 1. The molecule has 2 heterocycles. The SMILES string of the molecule is CCc1nc(C2CCCN(C(=O)C(=O)O)C2)no1. The summed E-state index contributed by atoms with van der Waals surface area (Å²) in [4.78, 5) is 27.6. The van der Waals surface area contributed by atoms with Crippen LogP contribution in [0.4, 0.5) is 0 Å². The van der Waals surface area contributed by atoms with Gasteiger partial charge in [-0.15, -0.1) is 0 Å². The monoisotopic (exact) mass is 253 g/mol. The molecule has 0 aromatic carbocycles. The minimum absolute atomic E-state index is 0.0360. The normalized spacial score (nSPS) is 19.8. The van der Waals surface area contributed by atoms with Gasteiger partial charge in [-0.3, -0.25) is 4.79 Å². The number of piperidine rings is 1. The van der Waals surface area contributed by atoms with Crippen molar-refractivity contribution in [3.63, 3.8) is 0 Å². The van der Waals surface area contributed by atoms with E-state index in [-0.39, 0.29) is 5.92 Å². The largest absolute Gasteiger partial charge is 0.474 e. The molecule has 1 aliphatic rings. The second-order valence-corrected chi connectivity index (χ2v) is 4.30. The molecular weight excluding hydrogens is 238 g/mol. The summed E-state index contributed by atoms with van der Waals surface area (Å²) in [5, 5.41) is 12.6. The Morgan fingerprint density at radius 2 is 2.33 bits per heavy atom. The van der Waals surface area contributed by atoms with Crippen LogP contribution in [0.3, 0.4) is 0 Å². The first-order valence-corrected chi connectivity index (χ1v) is 5.96. The predicted octanol–water partition coefficient (Wildman–Crippen LogP) is 0.423. The maximum absolute atomic E-state index is 11.4. The lowest BCUT2D eigenvalue weighted by atomic mass is 9.97. The number of carboxylic acids is 1. The molecule has 0 radical (unpaired) electrons. The van der Waals surface area contributed by atoms with Crippen LogP contribution in [0.5, 0.6) is 0 Å². The Morgan fingerprint density at radius 1 is 1.56 bits per heavy atom. The van der Waals surface area contributed by atoms with Gasteiger partial charge in [0.25, 0.3) is 0 Å². The summed E-state index contributed by atoms with van der Waals surface area (Å²) in [6.07, 6.45) is 2.25. The average Bonchev–Trinajstić information content (AvgIpc) is 2.86. The smallest absolute Gasteiger partial charge is 0.394 e. The van der Waals surface area contributed by atoms with Gasteiger partial charge in [0.15, 0.2) is 5.82 Å². The quantitative estimate of drug-likeness (QED) is 0.767. The average molecular weight is 253 g/mol. The minimum atomic E-state index is -1.42. The predicted molar refractivity (Wildman–Crippen MR) is 59.9 cm³/mol. The standard InChI is InChI=1S/C11H15N3O4/c1-2-8-12-9(13-18-8)7-4-3-5-14(6-7)10(15)11(16)17/h7H,2-6H2,1H3,(H,16,17). The molecule has 98 valence electrons. The van der Waals surface area contributed by atoms with Crippen molar-refractivity contribution in [3.8, 4) is 0 Å². The van der Waals surface area contributed by atoms with Gasteiger partial charge in [-0.2, -0.15) is 4.98 Å². The van der Waals surface area contributed by atoms with Crippen LogP contribution in [-0.2, 0) is 16.0 Å². The van der Waals surface area contributed by atoms with E-state index in [0.717, 1.165) is 12.8 Å². The lowest BCUT2D eigenvalue weighted by Crippen LogP contribution is -2.42. The third kappa shape index (κ3) is 2.49. The molecule has 0 bridgehead atoms. The van der Waals surface area contributed by atoms with Gasteiger partial charge in [0.05, 0.1) is 0 Å². The van der Waals surface area contributed by atoms with E-state index in [1.807, 2.05) is 6.92 Å².